The summed E-state index contributed by atoms with van der Waals surface area (Å²) in [7, 11) is 0. The van der Waals surface area contributed by atoms with Gasteiger partial charge in [0, 0.05) is 31.7 Å². The summed E-state index contributed by atoms with van der Waals surface area (Å²) in [4.78, 5) is 38.2. The molecule has 1 aromatic rings. The van der Waals surface area contributed by atoms with E-state index >= 15 is 0 Å². The summed E-state index contributed by atoms with van der Waals surface area (Å²) in [6.45, 7) is 0.611. The van der Waals surface area contributed by atoms with Crippen molar-refractivity contribution in [3.8, 4) is 0 Å². The minimum atomic E-state index is -0.314. The number of nitrogens with zero attached hydrogens (tertiary/aromatic N) is 1. The van der Waals surface area contributed by atoms with Crippen LogP contribution in [0.3, 0.4) is 0 Å². The van der Waals surface area contributed by atoms with Gasteiger partial charge in [0.25, 0.3) is 0 Å². The quantitative estimate of drug-likeness (QED) is 0.506. The van der Waals surface area contributed by atoms with Gasteiger partial charge in [0.15, 0.2) is 0 Å². The molecule has 0 radical (unpaired) electrons. The average Bonchev–Trinajstić information content (AvgIpc) is 3.37. The van der Waals surface area contributed by atoms with E-state index in [4.69, 9.17) is 4.74 Å². The number of rotatable bonds is 11. The fourth-order valence-electron chi connectivity index (χ4n) is 4.60. The van der Waals surface area contributed by atoms with Crippen LogP contribution < -0.4 is 0 Å². The third kappa shape index (κ3) is 6.92. The number of esters is 1. The van der Waals surface area contributed by atoms with Gasteiger partial charge < -0.3 is 9.64 Å². The zero-order chi connectivity index (χ0) is 21.3. The van der Waals surface area contributed by atoms with E-state index in [9.17, 15) is 18.8 Å². The average molecular weight is 418 g/mol. The molecule has 1 amide bonds. The molecule has 1 atom stereocenters. The van der Waals surface area contributed by atoms with Crippen molar-refractivity contribution in [1.82, 2.24) is 4.90 Å². The Hall–Kier alpha value is -2.24. The molecule has 1 saturated carbocycles. The van der Waals surface area contributed by atoms with Crippen LogP contribution in [0.2, 0.25) is 0 Å². The predicted molar refractivity (Wildman–Crippen MR) is 111 cm³/mol. The van der Waals surface area contributed by atoms with E-state index in [-0.39, 0.29) is 42.5 Å². The molecule has 0 unspecified atom stereocenters. The Balaban J connectivity index is 1.35. The SMILES string of the molecule is O=C(CC[C@H]1CCC(=O)N1CCOC(=O)CCC1CCCC1)Cc1ccc(F)cc1. The molecule has 1 aliphatic carbocycles. The van der Waals surface area contributed by atoms with Gasteiger partial charge in [-0.3, -0.25) is 14.4 Å². The Labute approximate surface area is 178 Å². The van der Waals surface area contributed by atoms with E-state index in [1.807, 2.05) is 0 Å². The minimum absolute atomic E-state index is 0.0202. The van der Waals surface area contributed by atoms with Gasteiger partial charge in [0.1, 0.15) is 18.2 Å². The van der Waals surface area contributed by atoms with E-state index in [0.29, 0.717) is 38.1 Å². The molecule has 164 valence electrons. The normalized spacial score (nSPS) is 19.4. The molecule has 1 saturated heterocycles. The lowest BCUT2D eigenvalue weighted by Crippen LogP contribution is -2.36. The summed E-state index contributed by atoms with van der Waals surface area (Å²) in [6.07, 6.45) is 8.82. The van der Waals surface area contributed by atoms with Crippen molar-refractivity contribution in [2.24, 2.45) is 5.92 Å². The molecule has 6 heteroatoms. The molecule has 1 aromatic carbocycles. The molecular formula is C24H32FNO4. The number of likely N-dealkylation sites (tertiary alicyclic amines) is 1. The largest absolute Gasteiger partial charge is 0.464 e. The number of hydrogen-bond donors (Lipinski definition) is 0. The summed E-state index contributed by atoms with van der Waals surface area (Å²) in [5.74, 6) is 0.312. The highest BCUT2D eigenvalue weighted by Gasteiger charge is 2.31. The molecule has 2 fully saturated rings. The third-order valence-corrected chi connectivity index (χ3v) is 6.35. The van der Waals surface area contributed by atoms with Gasteiger partial charge >= 0.3 is 5.97 Å². The number of ether oxygens (including phenoxy) is 1. The number of Topliss-reactive ketones (excluding diaryl/α,β-unsaturated/α-hetero) is 1. The van der Waals surface area contributed by atoms with Gasteiger partial charge in [-0.2, -0.15) is 0 Å². The molecule has 1 aliphatic heterocycles. The number of ketones is 1. The monoisotopic (exact) mass is 417 g/mol. The van der Waals surface area contributed by atoms with Gasteiger partial charge in [0.2, 0.25) is 5.91 Å². The van der Waals surface area contributed by atoms with Gasteiger partial charge in [0.05, 0.1) is 6.54 Å². The van der Waals surface area contributed by atoms with E-state index in [1.165, 1.54) is 37.8 Å². The first-order valence-corrected chi connectivity index (χ1v) is 11.2. The number of carbonyl (C=O) groups excluding carboxylic acids is 3. The van der Waals surface area contributed by atoms with Crippen molar-refractivity contribution in [2.45, 2.75) is 76.7 Å². The first-order chi connectivity index (χ1) is 14.5. The topological polar surface area (TPSA) is 63.7 Å². The van der Waals surface area contributed by atoms with Crippen LogP contribution in [0, 0.1) is 11.7 Å². The summed E-state index contributed by atoms with van der Waals surface area (Å²) in [5.41, 5.74) is 0.797. The predicted octanol–water partition coefficient (Wildman–Crippen LogP) is 4.22. The number of hydrogen-bond acceptors (Lipinski definition) is 4. The van der Waals surface area contributed by atoms with Crippen LogP contribution in [0.15, 0.2) is 24.3 Å². The summed E-state index contributed by atoms with van der Waals surface area (Å²) in [6, 6.07) is 5.98. The Morgan fingerprint density at radius 1 is 1.03 bits per heavy atom. The lowest BCUT2D eigenvalue weighted by atomic mass is 10.0. The summed E-state index contributed by atoms with van der Waals surface area (Å²) < 4.78 is 18.3. The molecule has 0 spiro atoms. The Bertz CT molecular complexity index is 727. The Morgan fingerprint density at radius 2 is 1.77 bits per heavy atom. The molecule has 1 heterocycles. The van der Waals surface area contributed by atoms with Crippen LogP contribution in [0.1, 0.15) is 69.8 Å². The third-order valence-electron chi connectivity index (χ3n) is 6.35. The Kier molecular flexibility index (Phi) is 8.40. The van der Waals surface area contributed by atoms with E-state index < -0.39 is 0 Å². The Morgan fingerprint density at radius 3 is 2.50 bits per heavy atom. The van der Waals surface area contributed by atoms with E-state index in [1.54, 1.807) is 17.0 Å². The van der Waals surface area contributed by atoms with Crippen molar-refractivity contribution in [3.05, 3.63) is 35.6 Å². The smallest absolute Gasteiger partial charge is 0.305 e. The van der Waals surface area contributed by atoms with Gasteiger partial charge in [-0.1, -0.05) is 37.8 Å². The fourth-order valence-corrected chi connectivity index (χ4v) is 4.60. The summed E-state index contributed by atoms with van der Waals surface area (Å²) in [5, 5.41) is 0. The van der Waals surface area contributed by atoms with Crippen molar-refractivity contribution in [1.29, 1.82) is 0 Å². The summed E-state index contributed by atoms with van der Waals surface area (Å²) >= 11 is 0. The van der Waals surface area contributed by atoms with Crippen LogP contribution in [0.5, 0.6) is 0 Å². The highest BCUT2D eigenvalue weighted by Crippen LogP contribution is 2.28. The van der Waals surface area contributed by atoms with E-state index in [0.717, 1.165) is 18.4 Å². The van der Waals surface area contributed by atoms with Crippen LogP contribution in [-0.4, -0.2) is 41.8 Å². The van der Waals surface area contributed by atoms with Crippen LogP contribution in [-0.2, 0) is 25.5 Å². The van der Waals surface area contributed by atoms with Crippen molar-refractivity contribution in [3.63, 3.8) is 0 Å². The van der Waals surface area contributed by atoms with Crippen molar-refractivity contribution >= 4 is 17.7 Å². The number of amides is 1. The molecule has 0 bridgehead atoms. The van der Waals surface area contributed by atoms with Crippen LogP contribution in [0.25, 0.3) is 0 Å². The standard InChI is InChI=1S/C24H32FNO4/c25-20-8-5-19(6-9-20)17-22(27)12-10-21-11-13-23(28)26(21)15-16-30-24(29)14-7-18-3-1-2-4-18/h5-6,8-9,18,21H,1-4,7,10-17H2/t21-/m0/s1. The highest BCUT2D eigenvalue weighted by atomic mass is 19.1. The molecule has 0 aromatic heterocycles. The second-order valence-corrected chi connectivity index (χ2v) is 8.57. The lowest BCUT2D eigenvalue weighted by molar-refractivity contribution is -0.146. The molecular weight excluding hydrogens is 385 g/mol. The highest BCUT2D eigenvalue weighted by molar-refractivity contribution is 5.81. The number of benzene rings is 1. The second-order valence-electron chi connectivity index (χ2n) is 8.57. The zero-order valence-corrected chi connectivity index (χ0v) is 17.6. The van der Waals surface area contributed by atoms with Crippen molar-refractivity contribution < 1.29 is 23.5 Å². The molecule has 30 heavy (non-hydrogen) atoms. The first kappa shape index (κ1) is 22.4. The number of carbonyl (C=O) groups is 3. The molecule has 3 rings (SSSR count). The van der Waals surface area contributed by atoms with Crippen LogP contribution in [0.4, 0.5) is 4.39 Å². The first-order valence-electron chi connectivity index (χ1n) is 11.2. The number of halogens is 1. The van der Waals surface area contributed by atoms with Gasteiger partial charge in [-0.15, -0.1) is 0 Å². The molecule has 2 aliphatic rings. The van der Waals surface area contributed by atoms with Gasteiger partial charge in [-0.05, 0) is 42.9 Å². The van der Waals surface area contributed by atoms with Gasteiger partial charge in [-0.25, -0.2) is 4.39 Å². The molecule has 0 N–H and O–H groups in total. The van der Waals surface area contributed by atoms with Crippen LogP contribution >= 0.6 is 0 Å². The minimum Gasteiger partial charge on any atom is -0.464 e. The van der Waals surface area contributed by atoms with E-state index in [2.05, 4.69) is 0 Å². The maximum absolute atomic E-state index is 13.0. The van der Waals surface area contributed by atoms with Crippen molar-refractivity contribution in [2.75, 3.05) is 13.2 Å². The maximum atomic E-state index is 13.0. The zero-order valence-electron chi connectivity index (χ0n) is 17.6. The lowest BCUT2D eigenvalue weighted by Gasteiger charge is -2.24. The molecule has 5 nitrogen and oxygen atoms in total. The maximum Gasteiger partial charge on any atom is 0.305 e. The second kappa shape index (κ2) is 11.2. The fraction of sp³-hybridized carbons (Fsp3) is 0.625.